The maximum atomic E-state index is 5.32. The van der Waals surface area contributed by atoms with Crippen LogP contribution >= 0.6 is 15.9 Å². The average Bonchev–Trinajstić information content (AvgIpc) is 2.63. The van der Waals surface area contributed by atoms with E-state index in [0.717, 1.165) is 21.6 Å². The fraction of sp³-hybridized carbons (Fsp3) is 0.182. The van der Waals surface area contributed by atoms with E-state index in [0.29, 0.717) is 6.54 Å². The number of hydrogen-bond donors (Lipinski definition) is 1. The highest BCUT2D eigenvalue weighted by atomic mass is 79.9. The monoisotopic (exact) mass is 266 g/mol. The number of rotatable bonds is 3. The van der Waals surface area contributed by atoms with Crippen LogP contribution in [-0.2, 0) is 6.54 Å². The molecule has 0 amide bonds. The fourth-order valence-corrected chi connectivity index (χ4v) is 1.48. The highest BCUT2D eigenvalue weighted by Gasteiger charge is 2.01. The molecule has 2 rings (SSSR count). The smallest absolute Gasteiger partial charge is 0.125 e. The van der Waals surface area contributed by atoms with Gasteiger partial charge in [0, 0.05) is 0 Å². The number of pyridine rings is 1. The summed E-state index contributed by atoms with van der Waals surface area (Å²) in [5.41, 5.74) is 2.14. The van der Waals surface area contributed by atoms with Crippen LogP contribution in [0, 0.1) is 6.92 Å². The van der Waals surface area contributed by atoms with Crippen molar-refractivity contribution >= 4 is 21.6 Å². The molecule has 15 heavy (non-hydrogen) atoms. The molecule has 1 N–H and O–H groups in total. The summed E-state index contributed by atoms with van der Waals surface area (Å²) in [6, 6.07) is 5.82. The molecule has 0 aromatic carbocycles. The quantitative estimate of drug-likeness (QED) is 0.866. The summed E-state index contributed by atoms with van der Waals surface area (Å²) in [6.45, 7) is 2.71. The van der Waals surface area contributed by atoms with Gasteiger partial charge in [-0.3, -0.25) is 0 Å². The Labute approximate surface area is 96.6 Å². The van der Waals surface area contributed by atoms with Gasteiger partial charge in [-0.05, 0) is 46.6 Å². The van der Waals surface area contributed by atoms with E-state index in [1.807, 2.05) is 25.1 Å². The Kier molecular flexibility index (Phi) is 3.06. The molecule has 4 heteroatoms. The number of aromatic nitrogens is 1. The first-order valence-corrected chi connectivity index (χ1v) is 5.43. The third-order valence-electron chi connectivity index (χ3n) is 2.15. The summed E-state index contributed by atoms with van der Waals surface area (Å²) in [7, 11) is 0. The maximum absolute atomic E-state index is 5.32. The molecule has 2 heterocycles. The van der Waals surface area contributed by atoms with E-state index in [-0.39, 0.29) is 0 Å². The first-order valence-electron chi connectivity index (χ1n) is 4.64. The number of anilines is 1. The molecule has 3 nitrogen and oxygen atoms in total. The van der Waals surface area contributed by atoms with E-state index < -0.39 is 0 Å². The van der Waals surface area contributed by atoms with Crippen LogP contribution in [0.2, 0.25) is 0 Å². The second-order valence-electron chi connectivity index (χ2n) is 3.25. The van der Waals surface area contributed by atoms with Crippen LogP contribution in [0.1, 0.15) is 11.3 Å². The first kappa shape index (κ1) is 10.2. The van der Waals surface area contributed by atoms with E-state index in [1.54, 1.807) is 12.5 Å². The van der Waals surface area contributed by atoms with Gasteiger partial charge < -0.3 is 9.73 Å². The molecule has 0 saturated carbocycles. The van der Waals surface area contributed by atoms with E-state index in [9.17, 15) is 0 Å². The van der Waals surface area contributed by atoms with Gasteiger partial charge in [0.05, 0.1) is 24.7 Å². The molecule has 0 unspecified atom stereocenters. The predicted molar refractivity (Wildman–Crippen MR) is 62.7 cm³/mol. The van der Waals surface area contributed by atoms with E-state index in [4.69, 9.17) is 4.42 Å². The molecule has 0 saturated heterocycles. The van der Waals surface area contributed by atoms with Crippen LogP contribution in [-0.4, -0.2) is 4.98 Å². The van der Waals surface area contributed by atoms with Crippen molar-refractivity contribution < 1.29 is 4.42 Å². The summed E-state index contributed by atoms with van der Waals surface area (Å²) < 4.78 is 6.15. The predicted octanol–water partition coefficient (Wildman–Crippen LogP) is 3.36. The molecule has 78 valence electrons. The van der Waals surface area contributed by atoms with Gasteiger partial charge in [0.15, 0.2) is 0 Å². The molecular formula is C11H11BrN2O. The van der Waals surface area contributed by atoms with Crippen LogP contribution < -0.4 is 5.32 Å². The molecular weight excluding hydrogens is 256 g/mol. The van der Waals surface area contributed by atoms with E-state index in [2.05, 4.69) is 26.2 Å². The Morgan fingerprint density at radius 2 is 2.27 bits per heavy atom. The van der Waals surface area contributed by atoms with Crippen LogP contribution in [0.15, 0.2) is 39.7 Å². The Morgan fingerprint density at radius 3 is 2.87 bits per heavy atom. The summed E-state index contributed by atoms with van der Waals surface area (Å²) >= 11 is 3.29. The standard InChI is InChI=1S/C11H11BrN2O/c1-8-4-5-15-10(8)7-13-9-2-3-11(12)14-6-9/h2-6,13H,7H2,1H3. The lowest BCUT2D eigenvalue weighted by Crippen LogP contribution is -1.99. The maximum Gasteiger partial charge on any atom is 0.125 e. The zero-order chi connectivity index (χ0) is 10.7. The van der Waals surface area contributed by atoms with Crippen molar-refractivity contribution in [2.75, 3.05) is 5.32 Å². The summed E-state index contributed by atoms with van der Waals surface area (Å²) in [5.74, 6) is 0.956. The highest BCUT2D eigenvalue weighted by Crippen LogP contribution is 2.14. The summed E-state index contributed by atoms with van der Waals surface area (Å²) in [4.78, 5) is 4.13. The Hall–Kier alpha value is -1.29. The van der Waals surface area contributed by atoms with Crippen LogP contribution in [0.5, 0.6) is 0 Å². The van der Waals surface area contributed by atoms with E-state index in [1.165, 1.54) is 0 Å². The molecule has 0 radical (unpaired) electrons. The minimum Gasteiger partial charge on any atom is -0.467 e. The van der Waals surface area contributed by atoms with Crippen LogP contribution in [0.3, 0.4) is 0 Å². The normalized spacial score (nSPS) is 10.3. The summed E-state index contributed by atoms with van der Waals surface area (Å²) in [5, 5.41) is 3.24. The van der Waals surface area contributed by atoms with Crippen molar-refractivity contribution in [1.82, 2.24) is 4.98 Å². The van der Waals surface area contributed by atoms with Crippen molar-refractivity contribution in [2.24, 2.45) is 0 Å². The van der Waals surface area contributed by atoms with Gasteiger partial charge in [0.1, 0.15) is 10.4 Å². The van der Waals surface area contributed by atoms with Crippen LogP contribution in [0.4, 0.5) is 5.69 Å². The second-order valence-corrected chi connectivity index (χ2v) is 4.06. The SMILES string of the molecule is Cc1ccoc1CNc1ccc(Br)nc1. The molecule has 0 bridgehead atoms. The van der Waals surface area contributed by atoms with E-state index >= 15 is 0 Å². The largest absolute Gasteiger partial charge is 0.467 e. The Balaban J connectivity index is 1.99. The lowest BCUT2D eigenvalue weighted by atomic mass is 10.3. The Bertz CT molecular complexity index is 436. The number of hydrogen-bond acceptors (Lipinski definition) is 3. The number of furan rings is 1. The van der Waals surface area contributed by atoms with Crippen molar-refractivity contribution in [3.05, 3.63) is 46.6 Å². The van der Waals surface area contributed by atoms with Gasteiger partial charge in [0.25, 0.3) is 0 Å². The van der Waals surface area contributed by atoms with Gasteiger partial charge >= 0.3 is 0 Å². The van der Waals surface area contributed by atoms with Gasteiger partial charge in [-0.1, -0.05) is 0 Å². The Morgan fingerprint density at radius 1 is 1.40 bits per heavy atom. The zero-order valence-electron chi connectivity index (χ0n) is 8.33. The fourth-order valence-electron chi connectivity index (χ4n) is 1.25. The lowest BCUT2D eigenvalue weighted by Gasteiger charge is -2.04. The van der Waals surface area contributed by atoms with Crippen molar-refractivity contribution in [3.8, 4) is 0 Å². The topological polar surface area (TPSA) is 38.1 Å². The molecule has 0 spiro atoms. The molecule has 2 aromatic rings. The molecule has 0 aliphatic heterocycles. The molecule has 0 aliphatic rings. The molecule has 0 atom stereocenters. The van der Waals surface area contributed by atoms with Crippen molar-refractivity contribution in [3.63, 3.8) is 0 Å². The third-order valence-corrected chi connectivity index (χ3v) is 2.62. The van der Waals surface area contributed by atoms with Gasteiger partial charge in [-0.15, -0.1) is 0 Å². The first-order chi connectivity index (χ1) is 7.25. The number of nitrogens with one attached hydrogen (secondary N) is 1. The molecule has 0 aliphatic carbocycles. The van der Waals surface area contributed by atoms with Crippen molar-refractivity contribution in [2.45, 2.75) is 13.5 Å². The summed E-state index contributed by atoms with van der Waals surface area (Å²) in [6.07, 6.45) is 3.48. The minimum absolute atomic E-state index is 0.683. The highest BCUT2D eigenvalue weighted by molar-refractivity contribution is 9.10. The molecule has 0 fully saturated rings. The molecule has 2 aromatic heterocycles. The van der Waals surface area contributed by atoms with Gasteiger partial charge in [0.2, 0.25) is 0 Å². The zero-order valence-corrected chi connectivity index (χ0v) is 9.91. The number of aryl methyl sites for hydroxylation is 1. The minimum atomic E-state index is 0.683. The van der Waals surface area contributed by atoms with Crippen molar-refractivity contribution in [1.29, 1.82) is 0 Å². The van der Waals surface area contributed by atoms with Crippen LogP contribution in [0.25, 0.3) is 0 Å². The number of nitrogens with zero attached hydrogens (tertiary/aromatic N) is 1. The van der Waals surface area contributed by atoms with Gasteiger partial charge in [-0.25, -0.2) is 4.98 Å². The lowest BCUT2D eigenvalue weighted by molar-refractivity contribution is 0.515. The second kappa shape index (κ2) is 4.49. The average molecular weight is 267 g/mol. The van der Waals surface area contributed by atoms with Gasteiger partial charge in [-0.2, -0.15) is 0 Å². The number of halogens is 1. The third kappa shape index (κ3) is 2.59.